The van der Waals surface area contributed by atoms with Crippen LogP contribution in [-0.2, 0) is 13.0 Å². The van der Waals surface area contributed by atoms with Gasteiger partial charge in [0.25, 0.3) is 0 Å². The van der Waals surface area contributed by atoms with E-state index in [-0.39, 0.29) is 5.78 Å². The summed E-state index contributed by atoms with van der Waals surface area (Å²) in [6.45, 7) is 2.60. The first-order chi connectivity index (χ1) is 10.3. The third kappa shape index (κ3) is 4.78. The highest BCUT2D eigenvalue weighted by molar-refractivity contribution is 5.94. The molecule has 21 heavy (non-hydrogen) atoms. The second-order valence-electron chi connectivity index (χ2n) is 5.30. The molecule has 0 saturated heterocycles. The van der Waals surface area contributed by atoms with Gasteiger partial charge in [-0.25, -0.2) is 0 Å². The summed E-state index contributed by atoms with van der Waals surface area (Å²) in [7, 11) is 0. The number of rotatable bonds is 8. The average molecular weight is 283 g/mol. The van der Waals surface area contributed by atoms with E-state index in [1.807, 2.05) is 47.3 Å². The maximum Gasteiger partial charge on any atom is 0.227 e. The number of ketones is 1. The lowest BCUT2D eigenvalue weighted by molar-refractivity contribution is -0.691. The molecule has 1 aromatic heterocycles. The Balaban J connectivity index is 2.01. The van der Waals surface area contributed by atoms with Crippen molar-refractivity contribution in [2.75, 3.05) is 0 Å². The zero-order chi connectivity index (χ0) is 14.9. The summed E-state index contributed by atoms with van der Waals surface area (Å²) < 4.78 is 2.02. The molecular weight excluding hydrogens is 260 g/mol. The number of carbonyl (C=O) groups excluding carboxylic acids is 1. The highest BCUT2D eigenvalue weighted by atomic mass is 16.1. The van der Waals surface area contributed by atoms with E-state index in [0.717, 1.165) is 24.1 Å². The van der Waals surface area contributed by atoms with Crippen molar-refractivity contribution in [2.45, 2.75) is 45.6 Å². The smallest absolute Gasteiger partial charge is 0.227 e. The Morgan fingerprint density at radius 3 is 2.71 bits per heavy atom. The SMILES string of the molecule is CCCCCCc1cncc[n+]1CC(=O)c1ccccc1. The van der Waals surface area contributed by atoms with Crippen LogP contribution in [0.15, 0.2) is 48.9 Å². The fraction of sp³-hybridized carbons (Fsp3) is 0.389. The number of hydrogen-bond donors (Lipinski definition) is 0. The molecular formula is C18H23N2O+. The summed E-state index contributed by atoms with van der Waals surface area (Å²) in [4.78, 5) is 16.5. The molecule has 110 valence electrons. The van der Waals surface area contributed by atoms with Gasteiger partial charge in [-0.2, -0.15) is 4.57 Å². The van der Waals surface area contributed by atoms with Gasteiger partial charge in [0.05, 0.1) is 12.4 Å². The molecule has 1 heterocycles. The number of unbranched alkanes of at least 4 members (excludes halogenated alkanes) is 3. The summed E-state index contributed by atoms with van der Waals surface area (Å²) in [6.07, 6.45) is 11.4. The number of nitrogens with zero attached hydrogens (tertiary/aromatic N) is 2. The molecule has 0 amide bonds. The van der Waals surface area contributed by atoms with Crippen LogP contribution < -0.4 is 4.57 Å². The van der Waals surface area contributed by atoms with Gasteiger partial charge in [0.15, 0.2) is 11.9 Å². The molecule has 0 atom stereocenters. The van der Waals surface area contributed by atoms with Crippen LogP contribution in [-0.4, -0.2) is 10.8 Å². The van der Waals surface area contributed by atoms with E-state index in [1.54, 1.807) is 6.20 Å². The van der Waals surface area contributed by atoms with Gasteiger partial charge in [0.2, 0.25) is 12.3 Å². The summed E-state index contributed by atoms with van der Waals surface area (Å²) in [6, 6.07) is 9.46. The van der Waals surface area contributed by atoms with Gasteiger partial charge in [-0.05, 0) is 6.42 Å². The van der Waals surface area contributed by atoms with E-state index in [0.29, 0.717) is 6.54 Å². The molecule has 0 aliphatic rings. The van der Waals surface area contributed by atoms with Gasteiger partial charge < -0.3 is 0 Å². The van der Waals surface area contributed by atoms with Crippen LogP contribution in [0.5, 0.6) is 0 Å². The Labute approximate surface area is 126 Å². The van der Waals surface area contributed by atoms with Crippen molar-refractivity contribution in [1.82, 2.24) is 4.98 Å². The third-order valence-electron chi connectivity index (χ3n) is 3.62. The van der Waals surface area contributed by atoms with E-state index in [1.165, 1.54) is 19.3 Å². The minimum Gasteiger partial charge on any atom is -0.287 e. The normalized spacial score (nSPS) is 10.5. The number of hydrogen-bond acceptors (Lipinski definition) is 2. The Hall–Kier alpha value is -2.03. The molecule has 3 heteroatoms. The maximum absolute atomic E-state index is 12.3. The zero-order valence-corrected chi connectivity index (χ0v) is 12.7. The Morgan fingerprint density at radius 1 is 1.14 bits per heavy atom. The van der Waals surface area contributed by atoms with E-state index < -0.39 is 0 Å². The lowest BCUT2D eigenvalue weighted by Gasteiger charge is -2.03. The average Bonchev–Trinajstić information content (AvgIpc) is 2.54. The quantitative estimate of drug-likeness (QED) is 0.423. The third-order valence-corrected chi connectivity index (χ3v) is 3.62. The van der Waals surface area contributed by atoms with Crippen molar-refractivity contribution in [1.29, 1.82) is 0 Å². The lowest BCUT2D eigenvalue weighted by Crippen LogP contribution is -2.41. The Bertz CT molecular complexity index is 566. The van der Waals surface area contributed by atoms with Crippen molar-refractivity contribution < 1.29 is 9.36 Å². The van der Waals surface area contributed by atoms with E-state index >= 15 is 0 Å². The molecule has 0 spiro atoms. The fourth-order valence-corrected chi connectivity index (χ4v) is 2.38. The number of benzene rings is 1. The van der Waals surface area contributed by atoms with Gasteiger partial charge in [0.1, 0.15) is 0 Å². The van der Waals surface area contributed by atoms with Crippen molar-refractivity contribution in [2.24, 2.45) is 0 Å². The molecule has 2 rings (SSSR count). The molecule has 0 fully saturated rings. The minimum absolute atomic E-state index is 0.140. The summed E-state index contributed by atoms with van der Waals surface area (Å²) in [5.41, 5.74) is 1.90. The fourth-order valence-electron chi connectivity index (χ4n) is 2.38. The predicted octanol–water partition coefficient (Wildman–Crippen LogP) is 3.37. The molecule has 0 aliphatic heterocycles. The number of Topliss-reactive ketones (excluding diaryl/α,β-unsaturated/α-hetero) is 1. The van der Waals surface area contributed by atoms with Gasteiger partial charge in [-0.3, -0.25) is 9.78 Å². The van der Waals surface area contributed by atoms with Crippen LogP contribution in [0.3, 0.4) is 0 Å². The molecule has 0 N–H and O–H groups in total. The summed E-state index contributed by atoms with van der Waals surface area (Å²) in [5.74, 6) is 0.140. The van der Waals surface area contributed by atoms with Crippen molar-refractivity contribution in [3.63, 3.8) is 0 Å². The Morgan fingerprint density at radius 2 is 1.95 bits per heavy atom. The van der Waals surface area contributed by atoms with E-state index in [2.05, 4.69) is 11.9 Å². The summed E-state index contributed by atoms with van der Waals surface area (Å²) in [5, 5.41) is 0. The molecule has 0 aliphatic carbocycles. The van der Waals surface area contributed by atoms with Crippen LogP contribution in [0, 0.1) is 0 Å². The van der Waals surface area contributed by atoms with Crippen molar-refractivity contribution >= 4 is 5.78 Å². The number of aryl methyl sites for hydroxylation is 1. The molecule has 0 radical (unpaired) electrons. The van der Waals surface area contributed by atoms with E-state index in [9.17, 15) is 4.79 Å². The number of carbonyl (C=O) groups is 1. The van der Waals surface area contributed by atoms with Gasteiger partial charge in [-0.1, -0.05) is 56.5 Å². The second-order valence-corrected chi connectivity index (χ2v) is 5.30. The van der Waals surface area contributed by atoms with Crippen LogP contribution >= 0.6 is 0 Å². The van der Waals surface area contributed by atoms with E-state index in [4.69, 9.17) is 0 Å². The highest BCUT2D eigenvalue weighted by Crippen LogP contribution is 2.05. The molecule has 0 saturated carbocycles. The molecule has 0 unspecified atom stereocenters. The van der Waals surface area contributed by atoms with Crippen molar-refractivity contribution in [3.8, 4) is 0 Å². The zero-order valence-electron chi connectivity index (χ0n) is 12.7. The largest absolute Gasteiger partial charge is 0.287 e. The molecule has 2 aromatic rings. The second kappa shape index (κ2) is 8.30. The Kier molecular flexibility index (Phi) is 6.07. The maximum atomic E-state index is 12.3. The standard InChI is InChI=1S/C18H23N2O/c1-2-3-4-8-11-17-14-19-12-13-20(17)15-18(21)16-9-6-5-7-10-16/h5-7,9-10,12-14H,2-4,8,11,15H2,1H3/q+1. The predicted molar refractivity (Wildman–Crippen MR) is 83.1 cm³/mol. The first-order valence-corrected chi connectivity index (χ1v) is 7.72. The van der Waals surface area contributed by atoms with Gasteiger partial charge in [0, 0.05) is 12.0 Å². The van der Waals surface area contributed by atoms with Crippen LogP contribution in [0.1, 0.15) is 48.7 Å². The topological polar surface area (TPSA) is 33.8 Å². The van der Waals surface area contributed by atoms with Gasteiger partial charge in [-0.15, -0.1) is 0 Å². The molecule has 0 bridgehead atoms. The van der Waals surface area contributed by atoms with Gasteiger partial charge >= 0.3 is 0 Å². The summed E-state index contributed by atoms with van der Waals surface area (Å²) >= 11 is 0. The van der Waals surface area contributed by atoms with Crippen molar-refractivity contribution in [3.05, 3.63) is 60.2 Å². The monoisotopic (exact) mass is 283 g/mol. The van der Waals surface area contributed by atoms with Crippen LogP contribution in [0.25, 0.3) is 0 Å². The first kappa shape index (κ1) is 15.4. The molecule has 1 aromatic carbocycles. The lowest BCUT2D eigenvalue weighted by atomic mass is 10.1. The first-order valence-electron chi connectivity index (χ1n) is 7.72. The number of aromatic nitrogens is 2. The highest BCUT2D eigenvalue weighted by Gasteiger charge is 2.16. The minimum atomic E-state index is 0.140. The molecule has 3 nitrogen and oxygen atoms in total. The van der Waals surface area contributed by atoms with Crippen LogP contribution in [0.4, 0.5) is 0 Å². The van der Waals surface area contributed by atoms with Crippen LogP contribution in [0.2, 0.25) is 0 Å².